The van der Waals surface area contributed by atoms with Gasteiger partial charge in [0.05, 0.1) is 0 Å². The Bertz CT molecular complexity index is 581. The largest absolute Gasteiger partial charge is 0.479 e. The second-order valence-corrected chi connectivity index (χ2v) is 5.67. The quantitative estimate of drug-likeness (QED) is 0.799. The molecule has 2 heterocycles. The van der Waals surface area contributed by atoms with E-state index in [9.17, 15) is 9.59 Å². The van der Waals surface area contributed by atoms with E-state index >= 15 is 0 Å². The third kappa shape index (κ3) is 3.48. The third-order valence-corrected chi connectivity index (χ3v) is 3.79. The van der Waals surface area contributed by atoms with Gasteiger partial charge in [0.15, 0.2) is 6.04 Å². The zero-order chi connectivity index (χ0) is 13.8. The van der Waals surface area contributed by atoms with Crippen molar-refractivity contribution in [2.24, 2.45) is 0 Å². The fourth-order valence-corrected chi connectivity index (χ4v) is 2.68. The number of nitrogens with zero attached hydrogens (tertiary/aromatic N) is 2. The standard InChI is InChI=1S/C10H10N4O3S2/c1-5-13-14-10(19-5)12-9(17)11-7(8(15)16)6-3-2-4-18-6/h2-4,7H,1H3,(H,15,16)(H2,11,12,14,17). The molecule has 0 radical (unpaired) electrons. The van der Waals surface area contributed by atoms with Crippen LogP contribution in [0.25, 0.3) is 0 Å². The monoisotopic (exact) mass is 298 g/mol. The number of aryl methyl sites for hydroxylation is 1. The van der Waals surface area contributed by atoms with Crippen LogP contribution in [0.1, 0.15) is 15.9 Å². The zero-order valence-corrected chi connectivity index (χ0v) is 11.4. The maximum absolute atomic E-state index is 11.7. The molecule has 0 saturated heterocycles. The van der Waals surface area contributed by atoms with E-state index in [4.69, 9.17) is 5.11 Å². The summed E-state index contributed by atoms with van der Waals surface area (Å²) >= 11 is 2.47. The van der Waals surface area contributed by atoms with Crippen LogP contribution in [-0.2, 0) is 4.79 Å². The molecule has 0 bridgehead atoms. The lowest BCUT2D eigenvalue weighted by molar-refractivity contribution is -0.139. The number of hydrogen-bond acceptors (Lipinski definition) is 6. The van der Waals surface area contributed by atoms with Gasteiger partial charge in [-0.15, -0.1) is 21.5 Å². The Balaban J connectivity index is 2.02. The molecule has 0 aromatic carbocycles. The lowest BCUT2D eigenvalue weighted by atomic mass is 10.2. The van der Waals surface area contributed by atoms with Gasteiger partial charge >= 0.3 is 12.0 Å². The third-order valence-electron chi connectivity index (χ3n) is 2.10. The highest BCUT2D eigenvalue weighted by atomic mass is 32.1. The van der Waals surface area contributed by atoms with Crippen molar-refractivity contribution in [2.75, 3.05) is 5.32 Å². The number of carboxylic acids is 1. The minimum absolute atomic E-state index is 0.324. The van der Waals surface area contributed by atoms with Gasteiger partial charge in [0.25, 0.3) is 0 Å². The summed E-state index contributed by atoms with van der Waals surface area (Å²) in [6.07, 6.45) is 0. The van der Waals surface area contributed by atoms with Gasteiger partial charge in [-0.1, -0.05) is 17.4 Å². The van der Waals surface area contributed by atoms with Crippen molar-refractivity contribution < 1.29 is 14.7 Å². The first-order chi connectivity index (χ1) is 9.06. The van der Waals surface area contributed by atoms with E-state index < -0.39 is 18.0 Å². The van der Waals surface area contributed by atoms with Crippen LogP contribution < -0.4 is 10.6 Å². The predicted octanol–water partition coefficient (Wildman–Crippen LogP) is 1.86. The summed E-state index contributed by atoms with van der Waals surface area (Å²) in [5, 5.41) is 24.2. The molecule has 1 atom stereocenters. The van der Waals surface area contributed by atoms with Gasteiger partial charge in [0, 0.05) is 4.88 Å². The van der Waals surface area contributed by atoms with Crippen LogP contribution in [0, 0.1) is 6.92 Å². The lowest BCUT2D eigenvalue weighted by Crippen LogP contribution is -2.36. The number of aliphatic carboxylic acids is 1. The highest BCUT2D eigenvalue weighted by molar-refractivity contribution is 7.15. The number of aromatic nitrogens is 2. The molecule has 3 N–H and O–H groups in total. The Morgan fingerprint density at radius 1 is 1.42 bits per heavy atom. The molecule has 0 aliphatic heterocycles. The van der Waals surface area contributed by atoms with Gasteiger partial charge in [0.2, 0.25) is 5.13 Å². The van der Waals surface area contributed by atoms with Gasteiger partial charge in [0.1, 0.15) is 5.01 Å². The van der Waals surface area contributed by atoms with Crippen LogP contribution in [-0.4, -0.2) is 27.3 Å². The van der Waals surface area contributed by atoms with E-state index in [1.165, 1.54) is 22.7 Å². The molecular formula is C10H10N4O3S2. The lowest BCUT2D eigenvalue weighted by Gasteiger charge is -2.12. The fourth-order valence-electron chi connectivity index (χ4n) is 1.32. The van der Waals surface area contributed by atoms with Crippen LogP contribution in [0.15, 0.2) is 17.5 Å². The molecule has 9 heteroatoms. The number of rotatable bonds is 4. The van der Waals surface area contributed by atoms with Gasteiger partial charge in [-0.2, -0.15) is 0 Å². The molecule has 19 heavy (non-hydrogen) atoms. The second kappa shape index (κ2) is 5.76. The highest BCUT2D eigenvalue weighted by Gasteiger charge is 2.23. The van der Waals surface area contributed by atoms with E-state index in [-0.39, 0.29) is 0 Å². The summed E-state index contributed by atoms with van der Waals surface area (Å²) in [4.78, 5) is 23.4. The summed E-state index contributed by atoms with van der Waals surface area (Å²) in [6.45, 7) is 1.76. The summed E-state index contributed by atoms with van der Waals surface area (Å²) in [5.74, 6) is -1.12. The predicted molar refractivity (Wildman–Crippen MR) is 71.5 cm³/mol. The van der Waals surface area contributed by atoms with Crippen molar-refractivity contribution in [2.45, 2.75) is 13.0 Å². The molecule has 100 valence electrons. The average Bonchev–Trinajstić information content (AvgIpc) is 2.97. The number of carbonyl (C=O) groups is 2. The Morgan fingerprint density at radius 2 is 2.21 bits per heavy atom. The first-order valence-electron chi connectivity index (χ1n) is 5.20. The second-order valence-electron chi connectivity index (χ2n) is 3.51. The van der Waals surface area contributed by atoms with Gasteiger partial charge in [-0.05, 0) is 18.4 Å². The van der Waals surface area contributed by atoms with Gasteiger partial charge in [-0.3, -0.25) is 5.32 Å². The van der Waals surface area contributed by atoms with Crippen LogP contribution in [0.5, 0.6) is 0 Å². The number of amides is 2. The van der Waals surface area contributed by atoms with Crippen molar-refractivity contribution in [1.82, 2.24) is 15.5 Å². The smallest absolute Gasteiger partial charge is 0.331 e. The molecule has 0 saturated carbocycles. The van der Waals surface area contributed by atoms with E-state index in [0.717, 1.165) is 0 Å². The minimum atomic E-state index is -1.12. The number of thiophene rings is 1. The summed E-state index contributed by atoms with van der Waals surface area (Å²) in [6, 6.07) is 1.67. The molecule has 2 rings (SSSR count). The van der Waals surface area contributed by atoms with Crippen LogP contribution in [0.2, 0.25) is 0 Å². The van der Waals surface area contributed by atoms with Crippen molar-refractivity contribution >= 4 is 39.8 Å². The molecule has 1 unspecified atom stereocenters. The first kappa shape index (κ1) is 13.4. The summed E-state index contributed by atoms with van der Waals surface area (Å²) < 4.78 is 0. The molecule has 7 nitrogen and oxygen atoms in total. The Kier molecular flexibility index (Phi) is 4.07. The van der Waals surface area contributed by atoms with Crippen molar-refractivity contribution in [3.8, 4) is 0 Å². The highest BCUT2D eigenvalue weighted by Crippen LogP contribution is 2.20. The average molecular weight is 298 g/mol. The van der Waals surface area contributed by atoms with Crippen LogP contribution in [0.4, 0.5) is 9.93 Å². The van der Waals surface area contributed by atoms with Crippen molar-refractivity contribution in [3.63, 3.8) is 0 Å². The molecule has 0 fully saturated rings. The molecular weight excluding hydrogens is 288 g/mol. The number of urea groups is 1. The number of nitrogens with one attached hydrogen (secondary N) is 2. The van der Waals surface area contributed by atoms with Crippen LogP contribution >= 0.6 is 22.7 Å². The molecule has 2 amide bonds. The Hall–Kier alpha value is -2.00. The number of anilines is 1. The van der Waals surface area contributed by atoms with Gasteiger partial charge < -0.3 is 10.4 Å². The summed E-state index contributed by atoms with van der Waals surface area (Å²) in [5.41, 5.74) is 0. The topological polar surface area (TPSA) is 104 Å². The van der Waals surface area contributed by atoms with Crippen molar-refractivity contribution in [1.29, 1.82) is 0 Å². The first-order valence-corrected chi connectivity index (χ1v) is 6.89. The molecule has 0 spiro atoms. The number of hydrogen-bond donors (Lipinski definition) is 3. The maximum atomic E-state index is 11.7. The van der Waals surface area contributed by atoms with E-state index in [0.29, 0.717) is 15.0 Å². The van der Waals surface area contributed by atoms with Crippen LogP contribution in [0.3, 0.4) is 0 Å². The maximum Gasteiger partial charge on any atom is 0.331 e. The summed E-state index contributed by atoms with van der Waals surface area (Å²) in [7, 11) is 0. The zero-order valence-electron chi connectivity index (χ0n) is 9.78. The van der Waals surface area contributed by atoms with E-state index in [1.54, 1.807) is 24.4 Å². The molecule has 0 aliphatic rings. The van der Waals surface area contributed by atoms with Gasteiger partial charge in [-0.25, -0.2) is 9.59 Å². The molecule has 2 aromatic heterocycles. The Morgan fingerprint density at radius 3 is 2.74 bits per heavy atom. The molecule has 2 aromatic rings. The Labute approximate surface area is 116 Å². The van der Waals surface area contributed by atoms with E-state index in [1.807, 2.05) is 0 Å². The normalized spacial score (nSPS) is 11.8. The van der Waals surface area contributed by atoms with Crippen molar-refractivity contribution in [3.05, 3.63) is 27.4 Å². The fraction of sp³-hybridized carbons (Fsp3) is 0.200. The number of carbonyl (C=O) groups excluding carboxylic acids is 1. The minimum Gasteiger partial charge on any atom is -0.479 e. The SMILES string of the molecule is Cc1nnc(NC(=O)NC(C(=O)O)c2cccs2)s1. The number of carboxylic acid groups (broad SMARTS) is 1. The molecule has 0 aliphatic carbocycles. The van der Waals surface area contributed by atoms with E-state index in [2.05, 4.69) is 20.8 Å².